The molecular formula is C22H24ClNO5S. The molecule has 0 radical (unpaired) electrons. The molecule has 2 aliphatic heterocycles. The fraction of sp³-hybridized carbons (Fsp3) is 0.409. The first-order valence-corrected chi connectivity index (χ1v) is 11.8. The zero-order valence-corrected chi connectivity index (χ0v) is 18.6. The Balaban J connectivity index is 1.51. The Morgan fingerprint density at radius 1 is 1.17 bits per heavy atom. The van der Waals surface area contributed by atoms with Gasteiger partial charge in [0.25, 0.3) is 0 Å². The molecule has 1 fully saturated rings. The van der Waals surface area contributed by atoms with Crippen LogP contribution in [-0.4, -0.2) is 43.8 Å². The molecule has 0 atom stereocenters. The summed E-state index contributed by atoms with van der Waals surface area (Å²) in [6, 6.07) is 9.87. The van der Waals surface area contributed by atoms with Gasteiger partial charge in [-0.2, -0.15) is 4.31 Å². The van der Waals surface area contributed by atoms with E-state index in [-0.39, 0.29) is 17.1 Å². The van der Waals surface area contributed by atoms with Gasteiger partial charge in [0.2, 0.25) is 10.0 Å². The van der Waals surface area contributed by atoms with Crippen molar-refractivity contribution >= 4 is 27.4 Å². The fourth-order valence-electron chi connectivity index (χ4n) is 4.15. The molecule has 2 aromatic carbocycles. The number of fused-ring (bicyclic) bond motifs is 1. The number of benzene rings is 2. The van der Waals surface area contributed by atoms with E-state index in [1.54, 1.807) is 36.4 Å². The molecule has 30 heavy (non-hydrogen) atoms. The molecule has 0 saturated carbocycles. The maximum Gasteiger partial charge on any atom is 0.243 e. The Kier molecular flexibility index (Phi) is 5.55. The van der Waals surface area contributed by atoms with Gasteiger partial charge in [0, 0.05) is 31.0 Å². The number of Topliss-reactive ketones (excluding diaryl/α,β-unsaturated/α-hetero) is 1. The van der Waals surface area contributed by atoms with Crippen molar-refractivity contribution in [1.82, 2.24) is 4.31 Å². The van der Waals surface area contributed by atoms with Gasteiger partial charge in [-0.1, -0.05) is 11.6 Å². The fourth-order valence-corrected chi connectivity index (χ4v) is 5.86. The van der Waals surface area contributed by atoms with Crippen LogP contribution < -0.4 is 9.47 Å². The molecular weight excluding hydrogens is 426 g/mol. The average molecular weight is 450 g/mol. The molecule has 2 heterocycles. The second-order valence-corrected chi connectivity index (χ2v) is 10.2. The first-order chi connectivity index (χ1) is 14.2. The van der Waals surface area contributed by atoms with E-state index >= 15 is 0 Å². The summed E-state index contributed by atoms with van der Waals surface area (Å²) in [6.45, 7) is 4.85. The minimum absolute atomic E-state index is 0.00956. The molecule has 0 amide bonds. The molecule has 0 aliphatic carbocycles. The summed E-state index contributed by atoms with van der Waals surface area (Å²) in [5, 5.41) is 0.510. The highest BCUT2D eigenvalue weighted by Crippen LogP contribution is 2.42. The number of halogens is 1. The van der Waals surface area contributed by atoms with Gasteiger partial charge >= 0.3 is 0 Å². The number of carbonyl (C=O) groups is 1. The highest BCUT2D eigenvalue weighted by Gasteiger charge is 2.45. The molecule has 1 spiro atoms. The van der Waals surface area contributed by atoms with Crippen molar-refractivity contribution in [1.29, 1.82) is 0 Å². The van der Waals surface area contributed by atoms with Crippen LogP contribution >= 0.6 is 11.6 Å². The lowest BCUT2D eigenvalue weighted by molar-refractivity contribution is 0.00536. The quantitative estimate of drug-likeness (QED) is 0.698. The Morgan fingerprint density at radius 3 is 2.47 bits per heavy atom. The standard InChI is InChI=1S/C22H24ClNO5S/c1-3-28-17-4-6-18(7-5-17)30(26,27)24-10-8-22(9-11-24)14-20(25)19-13-16(23)12-15(2)21(19)29-22/h4-7,12-13H,3,8-11,14H2,1-2H3. The zero-order valence-electron chi connectivity index (χ0n) is 17.0. The Bertz CT molecular complexity index is 1070. The summed E-state index contributed by atoms with van der Waals surface area (Å²) in [7, 11) is -3.62. The largest absolute Gasteiger partial charge is 0.494 e. The van der Waals surface area contributed by atoms with Crippen LogP contribution in [0, 0.1) is 6.92 Å². The van der Waals surface area contributed by atoms with Gasteiger partial charge in [-0.3, -0.25) is 4.79 Å². The number of piperidine rings is 1. The summed E-state index contributed by atoms with van der Waals surface area (Å²) in [5.74, 6) is 1.19. The number of ether oxygens (including phenoxy) is 2. The van der Waals surface area contributed by atoms with Crippen molar-refractivity contribution in [2.45, 2.75) is 43.6 Å². The van der Waals surface area contributed by atoms with Crippen molar-refractivity contribution in [3.63, 3.8) is 0 Å². The summed E-state index contributed by atoms with van der Waals surface area (Å²) in [5.41, 5.74) is 0.650. The molecule has 6 nitrogen and oxygen atoms in total. The van der Waals surface area contributed by atoms with Gasteiger partial charge in [0.05, 0.1) is 23.5 Å². The topological polar surface area (TPSA) is 72.9 Å². The van der Waals surface area contributed by atoms with E-state index in [0.717, 1.165) is 5.56 Å². The summed E-state index contributed by atoms with van der Waals surface area (Å²) >= 11 is 6.09. The smallest absolute Gasteiger partial charge is 0.243 e. The molecule has 0 aromatic heterocycles. The van der Waals surface area contributed by atoms with Crippen molar-refractivity contribution < 1.29 is 22.7 Å². The number of aryl methyl sites for hydroxylation is 1. The molecule has 0 bridgehead atoms. The highest BCUT2D eigenvalue weighted by atomic mass is 35.5. The number of hydrogen-bond acceptors (Lipinski definition) is 5. The molecule has 8 heteroatoms. The minimum atomic E-state index is -3.62. The van der Waals surface area contributed by atoms with Crippen LogP contribution in [0.5, 0.6) is 11.5 Å². The van der Waals surface area contributed by atoms with Crippen molar-refractivity contribution in [2.75, 3.05) is 19.7 Å². The maximum absolute atomic E-state index is 13.0. The predicted molar refractivity (Wildman–Crippen MR) is 114 cm³/mol. The number of hydrogen-bond donors (Lipinski definition) is 0. The van der Waals surface area contributed by atoms with Gasteiger partial charge in [-0.25, -0.2) is 8.42 Å². The normalized spacial score (nSPS) is 18.7. The number of ketones is 1. The second kappa shape index (κ2) is 7.87. The van der Waals surface area contributed by atoms with E-state index in [0.29, 0.717) is 54.6 Å². The summed E-state index contributed by atoms with van der Waals surface area (Å²) in [4.78, 5) is 13.0. The van der Waals surface area contributed by atoms with E-state index in [1.165, 1.54) is 4.31 Å². The lowest BCUT2D eigenvalue weighted by atomic mass is 9.82. The molecule has 2 aliphatic rings. The van der Waals surface area contributed by atoms with E-state index in [4.69, 9.17) is 21.1 Å². The Labute approximate surface area is 181 Å². The molecule has 4 rings (SSSR count). The van der Waals surface area contributed by atoms with Crippen LogP contribution in [0.2, 0.25) is 5.02 Å². The van der Waals surface area contributed by atoms with E-state index < -0.39 is 15.6 Å². The number of rotatable bonds is 4. The Morgan fingerprint density at radius 2 is 1.83 bits per heavy atom. The Hall–Kier alpha value is -2.09. The zero-order chi connectivity index (χ0) is 21.5. The average Bonchev–Trinajstić information content (AvgIpc) is 2.70. The van der Waals surface area contributed by atoms with E-state index in [2.05, 4.69) is 0 Å². The van der Waals surface area contributed by atoms with Crippen molar-refractivity contribution in [3.05, 3.63) is 52.5 Å². The van der Waals surface area contributed by atoms with E-state index in [9.17, 15) is 13.2 Å². The molecule has 0 unspecified atom stereocenters. The maximum atomic E-state index is 13.0. The second-order valence-electron chi connectivity index (χ2n) is 7.79. The van der Waals surface area contributed by atoms with Crippen molar-refractivity contribution in [2.24, 2.45) is 0 Å². The van der Waals surface area contributed by atoms with Crippen LogP contribution in [0.15, 0.2) is 41.3 Å². The lowest BCUT2D eigenvalue weighted by Gasteiger charge is -2.43. The third kappa shape index (κ3) is 3.82. The van der Waals surface area contributed by atoms with E-state index in [1.807, 2.05) is 13.8 Å². The van der Waals surface area contributed by atoms with Crippen LogP contribution in [0.1, 0.15) is 42.1 Å². The van der Waals surface area contributed by atoms with Crippen molar-refractivity contribution in [3.8, 4) is 11.5 Å². The van der Waals surface area contributed by atoms with Gasteiger partial charge in [0.15, 0.2) is 5.78 Å². The molecule has 0 N–H and O–H groups in total. The number of sulfonamides is 1. The predicted octanol–water partition coefficient (Wildman–Crippen LogP) is 4.24. The first-order valence-electron chi connectivity index (χ1n) is 9.99. The van der Waals surface area contributed by atoms with Crippen LogP contribution in [-0.2, 0) is 10.0 Å². The van der Waals surface area contributed by atoms with Gasteiger partial charge < -0.3 is 9.47 Å². The number of carbonyl (C=O) groups excluding carboxylic acids is 1. The SMILES string of the molecule is CCOc1ccc(S(=O)(=O)N2CCC3(CC2)CC(=O)c2cc(Cl)cc(C)c2O3)cc1. The monoisotopic (exact) mass is 449 g/mol. The molecule has 1 saturated heterocycles. The molecule has 160 valence electrons. The third-order valence-corrected chi connectivity index (χ3v) is 7.88. The van der Waals surface area contributed by atoms with Crippen LogP contribution in [0.25, 0.3) is 0 Å². The number of nitrogens with zero attached hydrogens (tertiary/aromatic N) is 1. The summed E-state index contributed by atoms with van der Waals surface area (Å²) in [6.07, 6.45) is 1.14. The third-order valence-electron chi connectivity index (χ3n) is 5.75. The van der Waals surface area contributed by atoms with Gasteiger partial charge in [-0.05, 0) is 55.8 Å². The van der Waals surface area contributed by atoms with Gasteiger partial charge in [0.1, 0.15) is 17.1 Å². The minimum Gasteiger partial charge on any atom is -0.494 e. The van der Waals surface area contributed by atoms with Gasteiger partial charge in [-0.15, -0.1) is 0 Å². The summed E-state index contributed by atoms with van der Waals surface area (Å²) < 4.78 is 39.2. The van der Waals surface area contributed by atoms with Crippen LogP contribution in [0.4, 0.5) is 0 Å². The van der Waals surface area contributed by atoms with Crippen LogP contribution in [0.3, 0.4) is 0 Å². The lowest BCUT2D eigenvalue weighted by Crippen LogP contribution is -2.52. The highest BCUT2D eigenvalue weighted by molar-refractivity contribution is 7.89. The molecule has 2 aromatic rings. The first kappa shape index (κ1) is 21.2.